The van der Waals surface area contributed by atoms with Gasteiger partial charge in [-0.25, -0.2) is 0 Å². The van der Waals surface area contributed by atoms with Crippen LogP contribution in [-0.2, 0) is 4.74 Å². The molecule has 0 aromatic heterocycles. The van der Waals surface area contributed by atoms with Gasteiger partial charge in [-0.2, -0.15) is 0 Å². The van der Waals surface area contributed by atoms with Crippen molar-refractivity contribution in [2.24, 2.45) is 11.8 Å². The molecule has 0 aliphatic heterocycles. The van der Waals surface area contributed by atoms with Gasteiger partial charge in [-0.1, -0.05) is 20.8 Å². The highest BCUT2D eigenvalue weighted by Gasteiger charge is 2.10. The van der Waals surface area contributed by atoms with E-state index >= 15 is 0 Å². The van der Waals surface area contributed by atoms with Gasteiger partial charge in [0.05, 0.1) is 6.61 Å². The summed E-state index contributed by atoms with van der Waals surface area (Å²) in [6.45, 7) is 10.5. The van der Waals surface area contributed by atoms with Gasteiger partial charge in [0.2, 0.25) is 0 Å². The normalized spacial score (nSPS) is 13.9. The molecule has 0 fully saturated rings. The van der Waals surface area contributed by atoms with Crippen molar-refractivity contribution in [1.82, 2.24) is 4.90 Å². The number of ether oxygens (including phenoxy) is 1. The largest absolute Gasteiger partial charge is 0.396 e. The van der Waals surface area contributed by atoms with E-state index in [1.54, 1.807) is 7.11 Å². The SMILES string of the molecule is COCCN(CC(C)C)CC(C)CO. The molecule has 0 spiro atoms. The van der Waals surface area contributed by atoms with Gasteiger partial charge in [-0.3, -0.25) is 0 Å². The van der Waals surface area contributed by atoms with Crippen molar-refractivity contribution in [2.75, 3.05) is 40.0 Å². The predicted molar refractivity (Wildman–Crippen MR) is 59.4 cm³/mol. The zero-order chi connectivity index (χ0) is 11.0. The summed E-state index contributed by atoms with van der Waals surface area (Å²) in [5, 5.41) is 8.99. The molecule has 0 rings (SSSR count). The Labute approximate surface area is 88.1 Å². The van der Waals surface area contributed by atoms with E-state index in [4.69, 9.17) is 9.84 Å². The zero-order valence-corrected chi connectivity index (χ0v) is 9.99. The molecule has 3 heteroatoms. The van der Waals surface area contributed by atoms with Crippen molar-refractivity contribution in [3.05, 3.63) is 0 Å². The maximum Gasteiger partial charge on any atom is 0.0589 e. The minimum absolute atomic E-state index is 0.265. The standard InChI is InChI=1S/C11H25NO2/c1-10(2)7-12(5-6-14-4)8-11(3)9-13/h10-11,13H,5-9H2,1-4H3. The lowest BCUT2D eigenvalue weighted by Crippen LogP contribution is -2.35. The van der Waals surface area contributed by atoms with E-state index < -0.39 is 0 Å². The highest BCUT2D eigenvalue weighted by Crippen LogP contribution is 2.03. The summed E-state index contributed by atoms with van der Waals surface area (Å²) in [6.07, 6.45) is 0. The van der Waals surface area contributed by atoms with Crippen molar-refractivity contribution in [2.45, 2.75) is 20.8 Å². The van der Waals surface area contributed by atoms with Gasteiger partial charge >= 0.3 is 0 Å². The van der Waals surface area contributed by atoms with Crippen molar-refractivity contribution < 1.29 is 9.84 Å². The molecule has 0 aromatic carbocycles. The number of nitrogens with zero attached hydrogens (tertiary/aromatic N) is 1. The summed E-state index contributed by atoms with van der Waals surface area (Å²) >= 11 is 0. The van der Waals surface area contributed by atoms with Gasteiger partial charge in [0, 0.05) is 33.4 Å². The lowest BCUT2D eigenvalue weighted by Gasteiger charge is -2.26. The summed E-state index contributed by atoms with van der Waals surface area (Å²) in [6, 6.07) is 0. The van der Waals surface area contributed by atoms with E-state index in [2.05, 4.69) is 25.7 Å². The molecule has 0 aromatic rings. The fraction of sp³-hybridized carbons (Fsp3) is 1.00. The van der Waals surface area contributed by atoms with Crippen molar-refractivity contribution >= 4 is 0 Å². The fourth-order valence-corrected chi connectivity index (χ4v) is 1.49. The number of hydrogen-bond donors (Lipinski definition) is 1. The summed E-state index contributed by atoms with van der Waals surface area (Å²) in [7, 11) is 1.73. The summed E-state index contributed by atoms with van der Waals surface area (Å²) in [5.74, 6) is 1.02. The number of hydrogen-bond acceptors (Lipinski definition) is 3. The molecule has 0 saturated heterocycles. The summed E-state index contributed by atoms with van der Waals surface area (Å²) < 4.78 is 5.06. The van der Waals surface area contributed by atoms with E-state index in [1.165, 1.54) is 0 Å². The van der Waals surface area contributed by atoms with Gasteiger partial charge in [0.1, 0.15) is 0 Å². The second kappa shape index (κ2) is 8.21. The minimum atomic E-state index is 0.265. The van der Waals surface area contributed by atoms with E-state index in [0.717, 1.165) is 26.2 Å². The quantitative estimate of drug-likeness (QED) is 0.644. The first-order chi connectivity index (χ1) is 6.60. The van der Waals surface area contributed by atoms with Crippen LogP contribution in [0.2, 0.25) is 0 Å². The molecule has 0 radical (unpaired) electrons. The molecule has 1 N–H and O–H groups in total. The molecule has 14 heavy (non-hydrogen) atoms. The third-order valence-electron chi connectivity index (χ3n) is 2.12. The molecule has 0 aliphatic rings. The Morgan fingerprint density at radius 2 is 1.86 bits per heavy atom. The van der Waals surface area contributed by atoms with Gasteiger partial charge in [0.15, 0.2) is 0 Å². The van der Waals surface area contributed by atoms with Crippen LogP contribution in [0, 0.1) is 11.8 Å². The van der Waals surface area contributed by atoms with Crippen LogP contribution in [0.1, 0.15) is 20.8 Å². The molecule has 0 bridgehead atoms. The van der Waals surface area contributed by atoms with Crippen LogP contribution in [0.5, 0.6) is 0 Å². The number of rotatable bonds is 8. The van der Waals surface area contributed by atoms with Gasteiger partial charge < -0.3 is 14.7 Å². The molecule has 0 aliphatic carbocycles. The van der Waals surface area contributed by atoms with E-state index in [-0.39, 0.29) is 6.61 Å². The topological polar surface area (TPSA) is 32.7 Å². The number of methoxy groups -OCH3 is 1. The predicted octanol–water partition coefficient (Wildman–Crippen LogP) is 1.22. The first-order valence-corrected chi connectivity index (χ1v) is 5.42. The third-order valence-corrected chi connectivity index (χ3v) is 2.12. The molecule has 0 heterocycles. The molecule has 86 valence electrons. The second-order valence-electron chi connectivity index (χ2n) is 4.43. The van der Waals surface area contributed by atoms with Crippen LogP contribution >= 0.6 is 0 Å². The molecule has 0 saturated carbocycles. The van der Waals surface area contributed by atoms with Crippen molar-refractivity contribution in [3.63, 3.8) is 0 Å². The van der Waals surface area contributed by atoms with Crippen LogP contribution in [-0.4, -0.2) is 50.0 Å². The maximum absolute atomic E-state index is 8.99. The molecule has 1 unspecified atom stereocenters. The maximum atomic E-state index is 8.99. The Bertz CT molecular complexity index is 128. The Hall–Kier alpha value is -0.120. The number of aliphatic hydroxyl groups is 1. The smallest absolute Gasteiger partial charge is 0.0589 e. The lowest BCUT2D eigenvalue weighted by atomic mass is 10.1. The lowest BCUT2D eigenvalue weighted by molar-refractivity contribution is 0.116. The van der Waals surface area contributed by atoms with Crippen molar-refractivity contribution in [3.8, 4) is 0 Å². The molecule has 3 nitrogen and oxygen atoms in total. The Kier molecular flexibility index (Phi) is 8.14. The molecule has 1 atom stereocenters. The van der Waals surface area contributed by atoms with Crippen LogP contribution in [0.15, 0.2) is 0 Å². The Balaban J connectivity index is 3.83. The van der Waals surface area contributed by atoms with Gasteiger partial charge in [0.25, 0.3) is 0 Å². The summed E-state index contributed by atoms with van der Waals surface area (Å²) in [4.78, 5) is 2.36. The highest BCUT2D eigenvalue weighted by atomic mass is 16.5. The Morgan fingerprint density at radius 3 is 2.29 bits per heavy atom. The van der Waals surface area contributed by atoms with Crippen LogP contribution in [0.4, 0.5) is 0 Å². The fourth-order valence-electron chi connectivity index (χ4n) is 1.49. The highest BCUT2D eigenvalue weighted by molar-refractivity contribution is 4.63. The third kappa shape index (κ3) is 7.30. The summed E-state index contributed by atoms with van der Waals surface area (Å²) in [5.41, 5.74) is 0. The van der Waals surface area contributed by atoms with E-state index in [0.29, 0.717) is 11.8 Å². The first-order valence-electron chi connectivity index (χ1n) is 5.42. The molecular formula is C11H25NO2. The van der Waals surface area contributed by atoms with Crippen LogP contribution in [0.3, 0.4) is 0 Å². The van der Waals surface area contributed by atoms with Gasteiger partial charge in [-0.05, 0) is 11.8 Å². The van der Waals surface area contributed by atoms with Crippen LogP contribution in [0.25, 0.3) is 0 Å². The average Bonchev–Trinajstić information content (AvgIpc) is 2.13. The van der Waals surface area contributed by atoms with Gasteiger partial charge in [-0.15, -0.1) is 0 Å². The Morgan fingerprint density at radius 1 is 1.21 bits per heavy atom. The number of aliphatic hydroxyl groups excluding tert-OH is 1. The zero-order valence-electron chi connectivity index (χ0n) is 9.99. The first kappa shape index (κ1) is 13.9. The molecular weight excluding hydrogens is 178 g/mol. The van der Waals surface area contributed by atoms with E-state index in [1.807, 2.05) is 0 Å². The monoisotopic (exact) mass is 203 g/mol. The average molecular weight is 203 g/mol. The van der Waals surface area contributed by atoms with Crippen molar-refractivity contribution in [1.29, 1.82) is 0 Å². The second-order valence-corrected chi connectivity index (χ2v) is 4.43. The van der Waals surface area contributed by atoms with E-state index in [9.17, 15) is 0 Å². The minimum Gasteiger partial charge on any atom is -0.396 e. The van der Waals surface area contributed by atoms with Crippen LogP contribution < -0.4 is 0 Å². The molecule has 0 amide bonds.